The van der Waals surface area contributed by atoms with E-state index in [-0.39, 0.29) is 11.9 Å². The fourth-order valence-electron chi connectivity index (χ4n) is 2.73. The maximum atomic E-state index is 12.7. The van der Waals surface area contributed by atoms with Crippen molar-refractivity contribution >= 4 is 17.7 Å². The lowest BCUT2D eigenvalue weighted by Gasteiger charge is -2.19. The van der Waals surface area contributed by atoms with E-state index < -0.39 is 0 Å². The van der Waals surface area contributed by atoms with Crippen molar-refractivity contribution in [3.05, 3.63) is 76.9 Å². The van der Waals surface area contributed by atoms with Crippen LogP contribution in [-0.4, -0.2) is 11.7 Å². The van der Waals surface area contributed by atoms with Gasteiger partial charge in [-0.05, 0) is 62.1 Å². The predicted molar refractivity (Wildman–Crippen MR) is 104 cm³/mol. The standard InChI is InChI=1S/C21H25NOS/c1-6-11-24-20-10-8-7-9-18(20)21(23)22-17(5)19-13-15(3)14(2)12-16(19)4/h6-10,12-13,17H,1,11H2,2-5H3,(H,22,23). The van der Waals surface area contributed by atoms with Crippen LogP contribution in [0.25, 0.3) is 0 Å². The molecule has 0 radical (unpaired) electrons. The van der Waals surface area contributed by atoms with Crippen LogP contribution in [0, 0.1) is 20.8 Å². The largest absolute Gasteiger partial charge is 0.345 e. The Balaban J connectivity index is 2.21. The first-order chi connectivity index (χ1) is 11.4. The first kappa shape index (κ1) is 18.3. The average molecular weight is 340 g/mol. The van der Waals surface area contributed by atoms with Crippen LogP contribution in [-0.2, 0) is 0 Å². The molecule has 2 nitrogen and oxygen atoms in total. The van der Waals surface area contributed by atoms with Gasteiger partial charge in [0.05, 0.1) is 11.6 Å². The highest BCUT2D eigenvalue weighted by Gasteiger charge is 2.16. The van der Waals surface area contributed by atoms with Gasteiger partial charge in [-0.1, -0.05) is 30.3 Å². The Labute approximate surface area is 149 Å². The van der Waals surface area contributed by atoms with Gasteiger partial charge in [0.15, 0.2) is 0 Å². The molecule has 2 aromatic carbocycles. The van der Waals surface area contributed by atoms with Crippen LogP contribution in [0.15, 0.2) is 53.9 Å². The van der Waals surface area contributed by atoms with Crippen molar-refractivity contribution in [2.45, 2.75) is 38.6 Å². The quantitative estimate of drug-likeness (QED) is 0.565. The Morgan fingerprint density at radius 1 is 1.17 bits per heavy atom. The van der Waals surface area contributed by atoms with E-state index in [2.05, 4.69) is 44.8 Å². The van der Waals surface area contributed by atoms with E-state index in [4.69, 9.17) is 0 Å². The predicted octanol–water partition coefficient (Wildman–Crippen LogP) is 5.38. The third-order valence-electron chi connectivity index (χ3n) is 4.18. The van der Waals surface area contributed by atoms with Gasteiger partial charge in [-0.3, -0.25) is 4.79 Å². The zero-order valence-electron chi connectivity index (χ0n) is 14.8. The second kappa shape index (κ2) is 8.20. The molecule has 0 saturated heterocycles. The molecule has 0 fully saturated rings. The van der Waals surface area contributed by atoms with Crippen molar-refractivity contribution in [3.8, 4) is 0 Å². The Hall–Kier alpha value is -2.00. The molecule has 0 aromatic heterocycles. The molecule has 2 rings (SSSR count). The van der Waals surface area contributed by atoms with Gasteiger partial charge in [0.1, 0.15) is 0 Å². The van der Waals surface area contributed by atoms with Crippen molar-refractivity contribution in [1.29, 1.82) is 0 Å². The number of benzene rings is 2. The van der Waals surface area contributed by atoms with Gasteiger partial charge in [-0.2, -0.15) is 0 Å². The molecular formula is C21H25NOS. The van der Waals surface area contributed by atoms with Crippen LogP contribution in [0.2, 0.25) is 0 Å². The first-order valence-electron chi connectivity index (χ1n) is 8.15. The van der Waals surface area contributed by atoms with E-state index >= 15 is 0 Å². The summed E-state index contributed by atoms with van der Waals surface area (Å²) in [5, 5.41) is 3.14. The Morgan fingerprint density at radius 3 is 2.54 bits per heavy atom. The number of carbonyl (C=O) groups excluding carboxylic acids is 1. The van der Waals surface area contributed by atoms with Crippen molar-refractivity contribution in [1.82, 2.24) is 5.32 Å². The third-order valence-corrected chi connectivity index (χ3v) is 5.25. The summed E-state index contributed by atoms with van der Waals surface area (Å²) in [5.74, 6) is 0.753. The zero-order valence-corrected chi connectivity index (χ0v) is 15.7. The molecule has 126 valence electrons. The van der Waals surface area contributed by atoms with E-state index in [0.29, 0.717) is 0 Å². The second-order valence-corrected chi connectivity index (χ2v) is 7.15. The monoisotopic (exact) mass is 339 g/mol. The highest BCUT2D eigenvalue weighted by atomic mass is 32.2. The number of hydrogen-bond acceptors (Lipinski definition) is 2. The minimum absolute atomic E-state index is 0.0331. The smallest absolute Gasteiger partial charge is 0.252 e. The Kier molecular flexibility index (Phi) is 6.27. The summed E-state index contributed by atoms with van der Waals surface area (Å²) in [6.07, 6.45) is 1.85. The molecule has 0 heterocycles. The molecular weight excluding hydrogens is 314 g/mol. The van der Waals surface area contributed by atoms with Crippen LogP contribution in [0.4, 0.5) is 0 Å². The molecule has 1 amide bonds. The lowest BCUT2D eigenvalue weighted by molar-refractivity contribution is 0.0937. The fraction of sp³-hybridized carbons (Fsp3) is 0.286. The molecule has 0 aliphatic carbocycles. The van der Waals surface area contributed by atoms with Crippen molar-refractivity contribution < 1.29 is 4.79 Å². The van der Waals surface area contributed by atoms with Gasteiger partial charge < -0.3 is 5.32 Å². The summed E-state index contributed by atoms with van der Waals surface area (Å²) in [4.78, 5) is 13.7. The number of carbonyl (C=O) groups is 1. The third kappa shape index (κ3) is 4.30. The van der Waals surface area contributed by atoms with Crippen LogP contribution in [0.3, 0.4) is 0 Å². The van der Waals surface area contributed by atoms with Crippen molar-refractivity contribution in [3.63, 3.8) is 0 Å². The fourth-order valence-corrected chi connectivity index (χ4v) is 3.52. The molecule has 0 aliphatic heterocycles. The highest BCUT2D eigenvalue weighted by Crippen LogP contribution is 2.25. The minimum Gasteiger partial charge on any atom is -0.345 e. The Morgan fingerprint density at radius 2 is 1.83 bits per heavy atom. The van der Waals surface area contributed by atoms with E-state index in [1.807, 2.05) is 37.3 Å². The molecule has 24 heavy (non-hydrogen) atoms. The minimum atomic E-state index is -0.0349. The van der Waals surface area contributed by atoms with Crippen LogP contribution >= 0.6 is 11.8 Å². The normalized spacial score (nSPS) is 11.8. The Bertz CT molecular complexity index is 751. The number of hydrogen-bond donors (Lipinski definition) is 1. The SMILES string of the molecule is C=CCSc1ccccc1C(=O)NC(C)c1cc(C)c(C)cc1C. The molecule has 1 atom stereocenters. The molecule has 0 saturated carbocycles. The van der Waals surface area contributed by atoms with Gasteiger partial charge in [-0.25, -0.2) is 0 Å². The lowest BCUT2D eigenvalue weighted by Crippen LogP contribution is -2.27. The maximum absolute atomic E-state index is 12.7. The molecule has 1 unspecified atom stereocenters. The van der Waals surface area contributed by atoms with Gasteiger partial charge in [0, 0.05) is 10.6 Å². The summed E-state index contributed by atoms with van der Waals surface area (Å²) in [6, 6.07) is 12.0. The maximum Gasteiger partial charge on any atom is 0.252 e. The zero-order chi connectivity index (χ0) is 17.7. The molecule has 0 aliphatic rings. The van der Waals surface area contributed by atoms with Crippen LogP contribution in [0.1, 0.15) is 45.6 Å². The van der Waals surface area contributed by atoms with Crippen molar-refractivity contribution in [2.75, 3.05) is 5.75 Å². The van der Waals surface area contributed by atoms with Gasteiger partial charge >= 0.3 is 0 Å². The van der Waals surface area contributed by atoms with Gasteiger partial charge in [-0.15, -0.1) is 18.3 Å². The summed E-state index contributed by atoms with van der Waals surface area (Å²) in [5.41, 5.74) is 5.63. The number of aryl methyl sites for hydroxylation is 3. The van der Waals surface area contributed by atoms with Gasteiger partial charge in [0.25, 0.3) is 5.91 Å². The van der Waals surface area contributed by atoms with E-state index in [9.17, 15) is 4.79 Å². The number of thioether (sulfide) groups is 1. The lowest BCUT2D eigenvalue weighted by atomic mass is 9.96. The molecule has 0 bridgehead atoms. The first-order valence-corrected chi connectivity index (χ1v) is 9.14. The number of amides is 1. The van der Waals surface area contributed by atoms with Crippen molar-refractivity contribution in [2.24, 2.45) is 0 Å². The number of rotatable bonds is 6. The van der Waals surface area contributed by atoms with Crippen LogP contribution < -0.4 is 5.32 Å². The summed E-state index contributed by atoms with van der Waals surface area (Å²) >= 11 is 1.63. The summed E-state index contributed by atoms with van der Waals surface area (Å²) in [6.45, 7) is 12.1. The highest BCUT2D eigenvalue weighted by molar-refractivity contribution is 7.99. The van der Waals surface area contributed by atoms with Crippen LogP contribution in [0.5, 0.6) is 0 Å². The van der Waals surface area contributed by atoms with E-state index in [1.54, 1.807) is 11.8 Å². The summed E-state index contributed by atoms with van der Waals surface area (Å²) in [7, 11) is 0. The van der Waals surface area contributed by atoms with E-state index in [0.717, 1.165) is 16.2 Å². The van der Waals surface area contributed by atoms with E-state index in [1.165, 1.54) is 22.3 Å². The number of nitrogens with one attached hydrogen (secondary N) is 1. The molecule has 3 heteroatoms. The van der Waals surface area contributed by atoms with Gasteiger partial charge in [0.2, 0.25) is 0 Å². The average Bonchev–Trinajstić information content (AvgIpc) is 2.56. The molecule has 1 N–H and O–H groups in total. The second-order valence-electron chi connectivity index (χ2n) is 6.08. The topological polar surface area (TPSA) is 29.1 Å². The summed E-state index contributed by atoms with van der Waals surface area (Å²) < 4.78 is 0. The molecule has 0 spiro atoms. The molecule has 2 aromatic rings.